The maximum Gasteiger partial charge on any atom is 0.182 e. The van der Waals surface area contributed by atoms with Gasteiger partial charge in [-0.2, -0.15) is 4.02 Å². The molecule has 5 nitrogen and oxygen atoms in total. The molecule has 0 spiro atoms. The normalized spacial score (nSPS) is 18.4. The molecule has 1 heterocycles. The summed E-state index contributed by atoms with van der Waals surface area (Å²) < 4.78 is 10.6. The van der Waals surface area contributed by atoms with Gasteiger partial charge in [0.05, 0.1) is 28.8 Å². The minimum Gasteiger partial charge on any atom is -0.507 e. The number of benzene rings is 2. The zero-order valence-electron chi connectivity index (χ0n) is 25.1. The molecule has 0 radical (unpaired) electrons. The molecule has 212 valence electrons. The number of ether oxygens (including phenoxy) is 1. The third kappa shape index (κ3) is 7.33. The third-order valence-corrected chi connectivity index (χ3v) is 7.47. The summed E-state index contributed by atoms with van der Waals surface area (Å²) in [6, 6.07) is 11.8. The van der Waals surface area contributed by atoms with Gasteiger partial charge in [0.15, 0.2) is 5.78 Å². The number of amidine groups is 1. The van der Waals surface area contributed by atoms with E-state index in [-0.39, 0.29) is 40.9 Å². The van der Waals surface area contributed by atoms with Crippen LogP contribution in [0, 0.1) is 5.92 Å². The predicted octanol–water partition coefficient (Wildman–Crippen LogP) is 8.48. The number of para-hydroxylation sites is 1. The van der Waals surface area contributed by atoms with E-state index in [4.69, 9.17) is 4.74 Å². The number of halogens is 1. The second-order valence-corrected chi connectivity index (χ2v) is 13.3. The highest BCUT2D eigenvalue weighted by molar-refractivity contribution is 9.08. The number of likely N-dealkylation sites (tertiary alicyclic amines) is 1. The van der Waals surface area contributed by atoms with E-state index in [2.05, 4.69) is 85.7 Å². The van der Waals surface area contributed by atoms with Gasteiger partial charge in [-0.3, -0.25) is 4.79 Å². The Kier molecular flexibility index (Phi) is 9.74. The average molecular weight is 598 g/mol. The van der Waals surface area contributed by atoms with Crippen LogP contribution in [0.5, 0.6) is 11.5 Å². The number of carbonyl (C=O) groups excluding carboxylic acids is 1. The molecule has 2 aromatic carbocycles. The van der Waals surface area contributed by atoms with Crippen LogP contribution in [0.4, 0.5) is 0 Å². The lowest BCUT2D eigenvalue weighted by atomic mass is 9.78. The van der Waals surface area contributed by atoms with Crippen LogP contribution in [0.25, 0.3) is 6.08 Å². The quantitative estimate of drug-likeness (QED) is 0.310. The molecule has 6 heteroatoms. The fourth-order valence-corrected chi connectivity index (χ4v) is 5.60. The molecular formula is C33H45BrN2O3. The fraction of sp³-hybridized carbons (Fsp3) is 0.515. The Morgan fingerprint density at radius 1 is 1.13 bits per heavy atom. The van der Waals surface area contributed by atoms with E-state index < -0.39 is 0 Å². The number of phenols is 1. The van der Waals surface area contributed by atoms with E-state index in [9.17, 15) is 9.90 Å². The van der Waals surface area contributed by atoms with Crippen molar-refractivity contribution >= 4 is 33.8 Å². The van der Waals surface area contributed by atoms with E-state index in [0.29, 0.717) is 5.56 Å². The fourth-order valence-electron chi connectivity index (χ4n) is 5.17. The molecule has 0 aromatic heterocycles. The third-order valence-electron chi connectivity index (χ3n) is 7.13. The molecule has 0 saturated carbocycles. The second kappa shape index (κ2) is 12.3. The first-order chi connectivity index (χ1) is 18.2. The van der Waals surface area contributed by atoms with Crippen molar-refractivity contribution in [3.05, 3.63) is 64.2 Å². The Balaban J connectivity index is 2.01. The van der Waals surface area contributed by atoms with Gasteiger partial charge in [-0.1, -0.05) is 73.1 Å². The van der Waals surface area contributed by atoms with Gasteiger partial charge in [0.1, 0.15) is 17.3 Å². The van der Waals surface area contributed by atoms with Crippen LogP contribution in [-0.4, -0.2) is 40.8 Å². The molecule has 1 fully saturated rings. The Morgan fingerprint density at radius 3 is 2.23 bits per heavy atom. The molecule has 3 rings (SSSR count). The lowest BCUT2D eigenvalue weighted by molar-refractivity contribution is 0.0963. The maximum absolute atomic E-state index is 13.8. The molecule has 2 aromatic rings. The van der Waals surface area contributed by atoms with E-state index >= 15 is 0 Å². The van der Waals surface area contributed by atoms with Crippen molar-refractivity contribution in [3.63, 3.8) is 0 Å². The highest BCUT2D eigenvalue weighted by Gasteiger charge is 2.35. The zero-order chi connectivity index (χ0) is 29.1. The molecule has 0 aliphatic carbocycles. The van der Waals surface area contributed by atoms with Crippen molar-refractivity contribution in [1.82, 2.24) is 4.90 Å². The number of nitrogens with zero attached hydrogens (tertiary/aromatic N) is 2. The Labute approximate surface area is 243 Å². The summed E-state index contributed by atoms with van der Waals surface area (Å²) in [5.41, 5.74) is 3.72. The van der Waals surface area contributed by atoms with Crippen molar-refractivity contribution in [1.29, 1.82) is 0 Å². The maximum atomic E-state index is 13.8. The van der Waals surface area contributed by atoms with E-state index in [1.807, 2.05) is 44.2 Å². The molecule has 1 aliphatic heterocycles. The summed E-state index contributed by atoms with van der Waals surface area (Å²) in [6.45, 7) is 19.5. The standard InChI is InChI=1S/C33H45BrN2O3/c1-10-13-23-19-36(31(35-34)25(23)16-22-14-11-12-15-29(22)39-21(2)3)20-28(37)24-17-26(32(4,5)6)30(38)27(18-24)33(7,8)9/h11-12,14-18,21,23,38H,10,13,19-20H2,1-9H3/b25-16+,35-31-. The first-order valence-corrected chi connectivity index (χ1v) is 14.7. The Hall–Kier alpha value is -2.60. The molecule has 1 atom stereocenters. The molecule has 0 bridgehead atoms. The highest BCUT2D eigenvalue weighted by atomic mass is 79.9. The zero-order valence-corrected chi connectivity index (χ0v) is 26.6. The van der Waals surface area contributed by atoms with Crippen LogP contribution in [0.1, 0.15) is 102 Å². The molecule has 1 unspecified atom stereocenters. The van der Waals surface area contributed by atoms with Gasteiger partial charge < -0.3 is 14.7 Å². The van der Waals surface area contributed by atoms with Gasteiger partial charge in [-0.05, 0) is 55.4 Å². The smallest absolute Gasteiger partial charge is 0.182 e. The number of ketones is 1. The molecule has 39 heavy (non-hydrogen) atoms. The summed E-state index contributed by atoms with van der Waals surface area (Å²) in [4.78, 5) is 15.9. The van der Waals surface area contributed by atoms with Crippen LogP contribution < -0.4 is 4.74 Å². The second-order valence-electron chi connectivity index (χ2n) is 12.9. The lowest BCUT2D eigenvalue weighted by Crippen LogP contribution is -2.32. The van der Waals surface area contributed by atoms with Gasteiger partial charge in [-0.25, -0.2) is 0 Å². The van der Waals surface area contributed by atoms with Crippen LogP contribution in [0.15, 0.2) is 46.0 Å². The van der Waals surface area contributed by atoms with Crippen molar-refractivity contribution in [2.24, 2.45) is 9.94 Å². The van der Waals surface area contributed by atoms with Crippen LogP contribution >= 0.6 is 16.1 Å². The predicted molar refractivity (Wildman–Crippen MR) is 166 cm³/mol. The number of rotatable bonds is 8. The highest BCUT2D eigenvalue weighted by Crippen LogP contribution is 2.40. The van der Waals surface area contributed by atoms with Crippen molar-refractivity contribution in [3.8, 4) is 11.5 Å². The number of Topliss-reactive ketones (excluding diaryl/α,β-unsaturated/α-hetero) is 1. The monoisotopic (exact) mass is 596 g/mol. The van der Waals surface area contributed by atoms with Crippen molar-refractivity contribution in [2.75, 3.05) is 13.1 Å². The van der Waals surface area contributed by atoms with Gasteiger partial charge in [0.2, 0.25) is 0 Å². The molecular weight excluding hydrogens is 552 g/mol. The summed E-state index contributed by atoms with van der Waals surface area (Å²) in [5.74, 6) is 2.17. The Morgan fingerprint density at radius 2 is 1.72 bits per heavy atom. The first-order valence-electron chi connectivity index (χ1n) is 14.0. The van der Waals surface area contributed by atoms with Crippen LogP contribution in [0.2, 0.25) is 0 Å². The largest absolute Gasteiger partial charge is 0.507 e. The lowest BCUT2D eigenvalue weighted by Gasteiger charge is -2.28. The number of hydrogen-bond acceptors (Lipinski definition) is 4. The first kappa shape index (κ1) is 30.9. The number of carbonyl (C=O) groups is 1. The van der Waals surface area contributed by atoms with Gasteiger partial charge in [0, 0.05) is 40.3 Å². The van der Waals surface area contributed by atoms with Crippen LogP contribution in [0.3, 0.4) is 0 Å². The molecule has 0 amide bonds. The molecule has 1 saturated heterocycles. The SMILES string of the molecule is CCCC1CN(CC(=O)c2cc(C(C)(C)C)c(O)c(C(C)(C)C)c2)C(=N\Br)/C1=C/c1ccccc1OC(C)C. The summed E-state index contributed by atoms with van der Waals surface area (Å²) in [5, 5.41) is 11.1. The summed E-state index contributed by atoms with van der Waals surface area (Å²) >= 11 is 3.37. The van der Waals surface area contributed by atoms with Gasteiger partial charge >= 0.3 is 0 Å². The van der Waals surface area contributed by atoms with Crippen LogP contribution in [-0.2, 0) is 10.8 Å². The van der Waals surface area contributed by atoms with E-state index in [0.717, 1.165) is 53.2 Å². The molecule has 1 N–H and O–H groups in total. The minimum absolute atomic E-state index is 0.0136. The Bertz CT molecular complexity index is 1210. The summed E-state index contributed by atoms with van der Waals surface area (Å²) in [7, 11) is 0. The van der Waals surface area contributed by atoms with E-state index in [1.165, 1.54) is 0 Å². The van der Waals surface area contributed by atoms with Gasteiger partial charge in [0.25, 0.3) is 0 Å². The average Bonchev–Trinajstić information content (AvgIpc) is 3.14. The molecule has 1 aliphatic rings. The van der Waals surface area contributed by atoms with Crippen molar-refractivity contribution < 1.29 is 14.6 Å². The minimum atomic E-state index is -0.302. The number of hydrogen-bond donors (Lipinski definition) is 1. The number of phenolic OH excluding ortho intramolecular Hbond substituents is 1. The van der Waals surface area contributed by atoms with Gasteiger partial charge in [-0.15, -0.1) is 0 Å². The van der Waals surface area contributed by atoms with Crippen molar-refractivity contribution in [2.45, 2.75) is 92.1 Å². The summed E-state index contributed by atoms with van der Waals surface area (Å²) in [6.07, 6.45) is 4.26. The van der Waals surface area contributed by atoms with E-state index in [1.54, 1.807) is 0 Å². The number of aromatic hydroxyl groups is 1. The topological polar surface area (TPSA) is 62.1 Å².